The fourth-order valence-electron chi connectivity index (χ4n) is 4.13. The Kier molecular flexibility index (Phi) is 3.42. The van der Waals surface area contributed by atoms with Gasteiger partial charge in [0.25, 0.3) is 0 Å². The maximum Gasteiger partial charge on any atom is 0.0729 e. The van der Waals surface area contributed by atoms with Gasteiger partial charge < -0.3 is 15.2 Å². The molecule has 0 radical (unpaired) electrons. The summed E-state index contributed by atoms with van der Waals surface area (Å²) >= 11 is 0. The normalized spacial score (nSPS) is 41.8. The molecule has 2 heterocycles. The number of ether oxygens (including phenoxy) is 2. The highest BCUT2D eigenvalue weighted by Gasteiger charge is 2.43. The lowest BCUT2D eigenvalue weighted by Crippen LogP contribution is -2.47. The molecule has 3 rings (SSSR count). The molecule has 3 fully saturated rings. The number of rotatable bonds is 1. The maximum absolute atomic E-state index is 6.26. The molecular weight excluding hydrogens is 214 g/mol. The summed E-state index contributed by atoms with van der Waals surface area (Å²) in [6.07, 6.45) is 8.54. The summed E-state index contributed by atoms with van der Waals surface area (Å²) in [7, 11) is 0. The Bertz CT molecular complexity index is 257. The van der Waals surface area contributed by atoms with E-state index in [9.17, 15) is 0 Å². The van der Waals surface area contributed by atoms with E-state index < -0.39 is 0 Å². The quantitative estimate of drug-likeness (QED) is 0.762. The van der Waals surface area contributed by atoms with Gasteiger partial charge in [0.05, 0.1) is 5.60 Å². The lowest BCUT2D eigenvalue weighted by molar-refractivity contribution is -0.152. The Hall–Kier alpha value is -0.120. The Morgan fingerprint density at radius 3 is 2.53 bits per heavy atom. The molecule has 0 aromatic heterocycles. The van der Waals surface area contributed by atoms with Crippen molar-refractivity contribution in [2.75, 3.05) is 19.8 Å². The predicted octanol–water partition coefficient (Wildman–Crippen LogP) is 2.09. The SMILES string of the molecule is NC1CCCC1C1CCOC2(CCOCC2)C1. The third-order valence-electron chi connectivity index (χ3n) is 5.17. The number of nitrogens with two attached hydrogens (primary N) is 1. The van der Waals surface area contributed by atoms with Gasteiger partial charge in [0.2, 0.25) is 0 Å². The van der Waals surface area contributed by atoms with Gasteiger partial charge in [-0.05, 0) is 50.4 Å². The number of hydrogen-bond acceptors (Lipinski definition) is 3. The Balaban J connectivity index is 1.66. The van der Waals surface area contributed by atoms with Crippen LogP contribution in [0.1, 0.15) is 44.9 Å². The third kappa shape index (κ3) is 2.38. The lowest BCUT2D eigenvalue weighted by Gasteiger charge is -2.45. The largest absolute Gasteiger partial charge is 0.381 e. The van der Waals surface area contributed by atoms with Crippen LogP contribution in [0.3, 0.4) is 0 Å². The highest BCUT2D eigenvalue weighted by atomic mass is 16.5. The minimum absolute atomic E-state index is 0.142. The molecule has 1 spiro atoms. The summed E-state index contributed by atoms with van der Waals surface area (Å²) in [4.78, 5) is 0. The van der Waals surface area contributed by atoms with E-state index in [-0.39, 0.29) is 5.60 Å². The van der Waals surface area contributed by atoms with E-state index >= 15 is 0 Å². The van der Waals surface area contributed by atoms with Crippen LogP contribution in [0, 0.1) is 11.8 Å². The summed E-state index contributed by atoms with van der Waals surface area (Å²) in [6.45, 7) is 2.70. The van der Waals surface area contributed by atoms with Gasteiger partial charge >= 0.3 is 0 Å². The average Bonchev–Trinajstić information content (AvgIpc) is 2.77. The smallest absolute Gasteiger partial charge is 0.0729 e. The van der Waals surface area contributed by atoms with Gasteiger partial charge in [-0.3, -0.25) is 0 Å². The van der Waals surface area contributed by atoms with Crippen molar-refractivity contribution in [1.29, 1.82) is 0 Å². The van der Waals surface area contributed by atoms with Crippen LogP contribution in [0.4, 0.5) is 0 Å². The molecule has 17 heavy (non-hydrogen) atoms. The first kappa shape index (κ1) is 11.9. The van der Waals surface area contributed by atoms with Crippen molar-refractivity contribution in [1.82, 2.24) is 0 Å². The summed E-state index contributed by atoms with van der Waals surface area (Å²) < 4.78 is 11.6. The summed E-state index contributed by atoms with van der Waals surface area (Å²) in [5.41, 5.74) is 6.40. The molecule has 0 amide bonds. The molecule has 3 heteroatoms. The topological polar surface area (TPSA) is 44.5 Å². The monoisotopic (exact) mass is 239 g/mol. The molecular formula is C14H25NO2. The standard InChI is InChI=1S/C14H25NO2/c15-13-3-1-2-12(13)11-4-7-17-14(10-11)5-8-16-9-6-14/h11-13H,1-10,15H2. The Morgan fingerprint density at radius 1 is 1.00 bits per heavy atom. The van der Waals surface area contributed by atoms with E-state index in [1.165, 1.54) is 32.1 Å². The molecule has 98 valence electrons. The molecule has 3 atom stereocenters. The molecule has 0 aromatic carbocycles. The molecule has 3 aliphatic rings. The zero-order valence-electron chi connectivity index (χ0n) is 10.7. The molecule has 1 saturated carbocycles. The van der Waals surface area contributed by atoms with Crippen LogP contribution in [-0.4, -0.2) is 31.5 Å². The molecule has 0 bridgehead atoms. The average molecular weight is 239 g/mol. The van der Waals surface area contributed by atoms with Crippen LogP contribution in [0.2, 0.25) is 0 Å². The summed E-state index contributed by atoms with van der Waals surface area (Å²) in [5, 5.41) is 0. The minimum atomic E-state index is 0.142. The van der Waals surface area contributed by atoms with Crippen molar-refractivity contribution >= 4 is 0 Å². The van der Waals surface area contributed by atoms with Crippen LogP contribution in [0.5, 0.6) is 0 Å². The molecule has 3 unspecified atom stereocenters. The van der Waals surface area contributed by atoms with Gasteiger partial charge in [0.15, 0.2) is 0 Å². The molecule has 2 aliphatic heterocycles. The highest BCUT2D eigenvalue weighted by Crippen LogP contribution is 2.43. The summed E-state index contributed by atoms with van der Waals surface area (Å²) in [5.74, 6) is 1.57. The van der Waals surface area contributed by atoms with Gasteiger partial charge in [-0.2, -0.15) is 0 Å². The van der Waals surface area contributed by atoms with Gasteiger partial charge in [-0.15, -0.1) is 0 Å². The molecule has 1 aliphatic carbocycles. The van der Waals surface area contributed by atoms with Crippen molar-refractivity contribution in [3.05, 3.63) is 0 Å². The van der Waals surface area contributed by atoms with Crippen molar-refractivity contribution in [3.8, 4) is 0 Å². The predicted molar refractivity (Wildman–Crippen MR) is 66.8 cm³/mol. The van der Waals surface area contributed by atoms with E-state index in [2.05, 4.69) is 0 Å². The zero-order chi connectivity index (χ0) is 11.7. The van der Waals surface area contributed by atoms with Crippen molar-refractivity contribution < 1.29 is 9.47 Å². The van der Waals surface area contributed by atoms with Crippen LogP contribution in [0.25, 0.3) is 0 Å². The van der Waals surface area contributed by atoms with Gasteiger partial charge in [-0.1, -0.05) is 6.42 Å². The second-order valence-electron chi connectivity index (χ2n) is 6.16. The van der Waals surface area contributed by atoms with E-state index in [0.29, 0.717) is 6.04 Å². The van der Waals surface area contributed by atoms with Gasteiger partial charge in [0.1, 0.15) is 0 Å². The van der Waals surface area contributed by atoms with Gasteiger partial charge in [-0.25, -0.2) is 0 Å². The fourth-order valence-corrected chi connectivity index (χ4v) is 4.13. The fraction of sp³-hybridized carbons (Fsp3) is 1.00. The second-order valence-corrected chi connectivity index (χ2v) is 6.16. The van der Waals surface area contributed by atoms with E-state index in [1.54, 1.807) is 0 Å². The van der Waals surface area contributed by atoms with Gasteiger partial charge in [0, 0.05) is 25.9 Å². The first-order valence-corrected chi connectivity index (χ1v) is 7.26. The third-order valence-corrected chi connectivity index (χ3v) is 5.17. The molecule has 3 nitrogen and oxygen atoms in total. The van der Waals surface area contributed by atoms with Crippen molar-refractivity contribution in [2.24, 2.45) is 17.6 Å². The van der Waals surface area contributed by atoms with E-state index in [1.807, 2.05) is 0 Å². The minimum Gasteiger partial charge on any atom is -0.381 e. The van der Waals surface area contributed by atoms with Crippen molar-refractivity contribution in [2.45, 2.75) is 56.6 Å². The Morgan fingerprint density at radius 2 is 1.82 bits per heavy atom. The van der Waals surface area contributed by atoms with Crippen LogP contribution >= 0.6 is 0 Å². The van der Waals surface area contributed by atoms with Crippen LogP contribution < -0.4 is 5.73 Å². The summed E-state index contributed by atoms with van der Waals surface area (Å²) in [6, 6.07) is 0.454. The van der Waals surface area contributed by atoms with Crippen molar-refractivity contribution in [3.63, 3.8) is 0 Å². The maximum atomic E-state index is 6.26. The molecule has 0 aromatic rings. The van der Waals surface area contributed by atoms with Crippen LogP contribution in [0.15, 0.2) is 0 Å². The molecule has 2 N–H and O–H groups in total. The lowest BCUT2D eigenvalue weighted by atomic mass is 9.74. The van der Waals surface area contributed by atoms with Crippen LogP contribution in [-0.2, 0) is 9.47 Å². The van der Waals surface area contributed by atoms with E-state index in [4.69, 9.17) is 15.2 Å². The zero-order valence-corrected chi connectivity index (χ0v) is 10.7. The highest BCUT2D eigenvalue weighted by molar-refractivity contribution is 4.94. The number of hydrogen-bond donors (Lipinski definition) is 1. The first-order valence-electron chi connectivity index (χ1n) is 7.26. The Labute approximate surface area is 104 Å². The van der Waals surface area contributed by atoms with E-state index in [0.717, 1.165) is 44.5 Å². The first-order chi connectivity index (χ1) is 8.29. The second kappa shape index (κ2) is 4.87. The molecule has 2 saturated heterocycles.